The molecule has 2 nitrogen and oxygen atoms in total. The summed E-state index contributed by atoms with van der Waals surface area (Å²) in [7, 11) is 0. The van der Waals surface area contributed by atoms with Gasteiger partial charge in [0.1, 0.15) is 5.82 Å². The van der Waals surface area contributed by atoms with Crippen LogP contribution in [0, 0.1) is 12.7 Å². The van der Waals surface area contributed by atoms with Crippen molar-refractivity contribution in [2.24, 2.45) is 0 Å². The van der Waals surface area contributed by atoms with E-state index in [1.165, 1.54) is 12.1 Å². The van der Waals surface area contributed by atoms with Crippen LogP contribution in [0.15, 0.2) is 18.2 Å². The summed E-state index contributed by atoms with van der Waals surface area (Å²) in [5, 5.41) is 0. The molecule has 0 atom stereocenters. The van der Waals surface area contributed by atoms with Gasteiger partial charge in [-0.25, -0.2) is 4.39 Å². The Morgan fingerprint density at radius 3 is 2.30 bits per heavy atom. The number of carbonyl (C=O) groups is 1. The highest BCUT2D eigenvalue weighted by Crippen LogP contribution is 2.32. The maximum atomic E-state index is 13.6. The molecule has 0 aromatic heterocycles. The minimum atomic E-state index is -0.462. The summed E-state index contributed by atoms with van der Waals surface area (Å²) in [6.07, 6.45) is 3.85. The summed E-state index contributed by atoms with van der Waals surface area (Å²) in [4.78, 5) is 15.3. The van der Waals surface area contributed by atoms with Crippen molar-refractivity contribution >= 4 is 5.78 Å². The van der Waals surface area contributed by atoms with E-state index < -0.39 is 5.54 Å². The van der Waals surface area contributed by atoms with Gasteiger partial charge in [0.15, 0.2) is 5.78 Å². The molecule has 1 aromatic carbocycles. The van der Waals surface area contributed by atoms with Gasteiger partial charge in [0.25, 0.3) is 0 Å². The first-order chi connectivity index (χ1) is 9.53. The van der Waals surface area contributed by atoms with Gasteiger partial charge in [0.05, 0.1) is 5.54 Å². The van der Waals surface area contributed by atoms with E-state index in [0.29, 0.717) is 5.56 Å². The Morgan fingerprint density at radius 2 is 1.80 bits per heavy atom. The highest BCUT2D eigenvalue weighted by molar-refractivity contribution is 6.03. The zero-order valence-corrected chi connectivity index (χ0v) is 12.7. The zero-order valence-electron chi connectivity index (χ0n) is 12.7. The molecule has 3 heteroatoms. The Hall–Kier alpha value is -1.22. The van der Waals surface area contributed by atoms with Crippen LogP contribution in [0.25, 0.3) is 0 Å². The second-order valence-electron chi connectivity index (χ2n) is 5.78. The van der Waals surface area contributed by atoms with E-state index in [0.717, 1.165) is 44.3 Å². The topological polar surface area (TPSA) is 20.3 Å². The molecular formula is C17H24FNO. The lowest BCUT2D eigenvalue weighted by molar-refractivity contribution is 0.0581. The molecule has 0 N–H and O–H groups in total. The van der Waals surface area contributed by atoms with E-state index in [1.807, 2.05) is 13.0 Å². The first-order valence-electron chi connectivity index (χ1n) is 7.60. The van der Waals surface area contributed by atoms with Crippen LogP contribution in [0.2, 0.25) is 0 Å². The van der Waals surface area contributed by atoms with Gasteiger partial charge in [0.2, 0.25) is 0 Å². The smallest absolute Gasteiger partial charge is 0.183 e. The van der Waals surface area contributed by atoms with Crippen molar-refractivity contribution in [3.63, 3.8) is 0 Å². The maximum Gasteiger partial charge on any atom is 0.183 e. The molecule has 0 unspecified atom stereocenters. The van der Waals surface area contributed by atoms with Crippen molar-refractivity contribution in [2.75, 3.05) is 13.1 Å². The quantitative estimate of drug-likeness (QED) is 0.759. The van der Waals surface area contributed by atoms with E-state index in [9.17, 15) is 9.18 Å². The third-order valence-electron chi connectivity index (χ3n) is 4.61. The van der Waals surface area contributed by atoms with Crippen LogP contribution < -0.4 is 0 Å². The third kappa shape index (κ3) is 2.64. The summed E-state index contributed by atoms with van der Waals surface area (Å²) in [5.41, 5.74) is 0.852. The highest BCUT2D eigenvalue weighted by Gasteiger charge is 2.42. The van der Waals surface area contributed by atoms with Gasteiger partial charge in [-0.2, -0.15) is 0 Å². The predicted molar refractivity (Wildman–Crippen MR) is 79.6 cm³/mol. The number of rotatable bonds is 5. The molecule has 0 amide bonds. The number of hydrogen-bond donors (Lipinski definition) is 0. The fourth-order valence-corrected chi connectivity index (χ4v) is 3.44. The van der Waals surface area contributed by atoms with E-state index in [4.69, 9.17) is 0 Å². The average molecular weight is 277 g/mol. The summed E-state index contributed by atoms with van der Waals surface area (Å²) < 4.78 is 13.6. The SMILES string of the molecule is CCC(CC)(C(=O)c1cc(C)cc(F)c1)N1CCCC1. The lowest BCUT2D eigenvalue weighted by atomic mass is 9.82. The number of halogens is 1. The molecule has 0 bridgehead atoms. The third-order valence-corrected chi connectivity index (χ3v) is 4.61. The van der Waals surface area contributed by atoms with Crippen molar-refractivity contribution in [1.29, 1.82) is 0 Å². The lowest BCUT2D eigenvalue weighted by Crippen LogP contribution is -2.52. The van der Waals surface area contributed by atoms with Gasteiger partial charge in [-0.1, -0.05) is 13.8 Å². The van der Waals surface area contributed by atoms with E-state index in [-0.39, 0.29) is 11.6 Å². The second kappa shape index (κ2) is 6.04. The molecule has 20 heavy (non-hydrogen) atoms. The lowest BCUT2D eigenvalue weighted by Gasteiger charge is -2.39. The number of aryl methyl sites for hydroxylation is 1. The van der Waals surface area contributed by atoms with Gasteiger partial charge in [-0.3, -0.25) is 9.69 Å². The minimum Gasteiger partial charge on any atom is -0.292 e. The van der Waals surface area contributed by atoms with Gasteiger partial charge in [0, 0.05) is 5.56 Å². The molecule has 0 saturated carbocycles. The van der Waals surface area contributed by atoms with Crippen LogP contribution in [-0.4, -0.2) is 29.3 Å². The van der Waals surface area contributed by atoms with Crippen molar-refractivity contribution < 1.29 is 9.18 Å². The summed E-state index contributed by atoms with van der Waals surface area (Å²) >= 11 is 0. The van der Waals surface area contributed by atoms with Crippen molar-refractivity contribution in [3.8, 4) is 0 Å². The first-order valence-corrected chi connectivity index (χ1v) is 7.60. The van der Waals surface area contributed by atoms with Gasteiger partial charge in [-0.15, -0.1) is 0 Å². The van der Waals surface area contributed by atoms with Crippen LogP contribution >= 0.6 is 0 Å². The molecule has 2 rings (SSSR count). The van der Waals surface area contributed by atoms with Crippen LogP contribution in [0.5, 0.6) is 0 Å². The summed E-state index contributed by atoms with van der Waals surface area (Å²) in [6, 6.07) is 4.65. The van der Waals surface area contributed by atoms with Gasteiger partial charge >= 0.3 is 0 Å². The highest BCUT2D eigenvalue weighted by atomic mass is 19.1. The minimum absolute atomic E-state index is 0.0759. The number of carbonyl (C=O) groups excluding carboxylic acids is 1. The van der Waals surface area contributed by atoms with Crippen LogP contribution in [-0.2, 0) is 0 Å². The second-order valence-corrected chi connectivity index (χ2v) is 5.78. The largest absolute Gasteiger partial charge is 0.292 e. The van der Waals surface area contributed by atoms with E-state index in [1.54, 1.807) is 0 Å². The Bertz CT molecular complexity index is 468. The molecule has 1 fully saturated rings. The van der Waals surface area contributed by atoms with Crippen LogP contribution in [0.3, 0.4) is 0 Å². The van der Waals surface area contributed by atoms with Crippen molar-refractivity contribution in [1.82, 2.24) is 4.90 Å². The summed E-state index contributed by atoms with van der Waals surface area (Å²) in [6.45, 7) is 7.90. The average Bonchev–Trinajstić information content (AvgIpc) is 2.94. The molecule has 110 valence electrons. The number of benzene rings is 1. The Balaban J connectivity index is 2.40. The molecular weight excluding hydrogens is 253 g/mol. The Morgan fingerprint density at radius 1 is 1.20 bits per heavy atom. The van der Waals surface area contributed by atoms with Crippen molar-refractivity contribution in [2.45, 2.75) is 52.0 Å². The van der Waals surface area contributed by atoms with Gasteiger partial charge < -0.3 is 0 Å². The molecule has 0 spiro atoms. The molecule has 1 aromatic rings. The predicted octanol–water partition coefficient (Wildman–Crippen LogP) is 3.97. The van der Waals surface area contributed by atoms with E-state index >= 15 is 0 Å². The molecule has 0 radical (unpaired) electrons. The molecule has 1 aliphatic heterocycles. The molecule has 0 aliphatic carbocycles. The molecule has 1 saturated heterocycles. The molecule has 1 heterocycles. The normalized spacial score (nSPS) is 16.6. The fourth-order valence-electron chi connectivity index (χ4n) is 3.44. The maximum absolute atomic E-state index is 13.6. The number of Topliss-reactive ketones (excluding diaryl/α,β-unsaturated/α-hetero) is 1. The first kappa shape index (κ1) is 15.2. The number of likely N-dealkylation sites (tertiary alicyclic amines) is 1. The zero-order chi connectivity index (χ0) is 14.8. The fraction of sp³-hybridized carbons (Fsp3) is 0.588. The standard InChI is InChI=1S/C17H24FNO/c1-4-17(5-2,19-8-6-7-9-19)16(20)14-10-13(3)11-15(18)12-14/h10-12H,4-9H2,1-3H3. The summed E-state index contributed by atoms with van der Waals surface area (Å²) in [5.74, 6) is -0.247. The monoisotopic (exact) mass is 277 g/mol. The Kier molecular flexibility index (Phi) is 4.59. The number of hydrogen-bond acceptors (Lipinski definition) is 2. The Labute approximate surface area is 121 Å². The van der Waals surface area contributed by atoms with Gasteiger partial charge in [-0.05, 0) is 69.5 Å². The van der Waals surface area contributed by atoms with Crippen molar-refractivity contribution in [3.05, 3.63) is 35.1 Å². The van der Waals surface area contributed by atoms with Crippen LogP contribution in [0.1, 0.15) is 55.5 Å². The molecule has 1 aliphatic rings. The number of nitrogens with zero attached hydrogens (tertiary/aromatic N) is 1. The number of ketones is 1. The van der Waals surface area contributed by atoms with Crippen LogP contribution in [0.4, 0.5) is 4.39 Å². The van der Waals surface area contributed by atoms with E-state index in [2.05, 4.69) is 18.7 Å².